The summed E-state index contributed by atoms with van der Waals surface area (Å²) in [5, 5.41) is 9.17. The summed E-state index contributed by atoms with van der Waals surface area (Å²) in [6, 6.07) is 9.99. The predicted molar refractivity (Wildman–Crippen MR) is 63.9 cm³/mol. The van der Waals surface area contributed by atoms with Crippen LogP contribution in [-0.4, -0.2) is 18.1 Å². The van der Waals surface area contributed by atoms with Crippen molar-refractivity contribution in [2.45, 2.75) is 6.42 Å². The number of phenols is 1. The lowest BCUT2D eigenvalue weighted by atomic mass is 10.2. The molecule has 1 amide bonds. The molecule has 1 heterocycles. The first-order valence-corrected chi connectivity index (χ1v) is 5.25. The second kappa shape index (κ2) is 4.74. The van der Waals surface area contributed by atoms with Gasteiger partial charge in [-0.25, -0.2) is 0 Å². The van der Waals surface area contributed by atoms with Crippen molar-refractivity contribution in [1.82, 2.24) is 0 Å². The van der Waals surface area contributed by atoms with E-state index in [0.29, 0.717) is 5.76 Å². The minimum absolute atomic E-state index is 0.0642. The molecule has 2 aromatic rings. The van der Waals surface area contributed by atoms with Gasteiger partial charge in [-0.3, -0.25) is 4.79 Å². The molecular formula is C13H13NO3. The minimum Gasteiger partial charge on any atom is -0.508 e. The summed E-state index contributed by atoms with van der Waals surface area (Å²) in [4.78, 5) is 13.4. The highest BCUT2D eigenvalue weighted by Gasteiger charge is 2.12. The van der Waals surface area contributed by atoms with Gasteiger partial charge in [0.25, 0.3) is 0 Å². The van der Waals surface area contributed by atoms with Crippen LogP contribution < -0.4 is 4.90 Å². The Morgan fingerprint density at radius 2 is 2.00 bits per heavy atom. The zero-order valence-electron chi connectivity index (χ0n) is 9.46. The molecule has 0 saturated carbocycles. The second-order valence-electron chi connectivity index (χ2n) is 3.73. The fourth-order valence-electron chi connectivity index (χ4n) is 1.50. The number of rotatable bonds is 3. The third kappa shape index (κ3) is 2.66. The first kappa shape index (κ1) is 11.3. The van der Waals surface area contributed by atoms with Crippen molar-refractivity contribution in [2.75, 3.05) is 11.9 Å². The first-order valence-electron chi connectivity index (χ1n) is 5.25. The highest BCUT2D eigenvalue weighted by Crippen LogP contribution is 2.18. The normalized spacial score (nSPS) is 10.2. The molecule has 1 aromatic carbocycles. The molecule has 17 heavy (non-hydrogen) atoms. The molecule has 0 aliphatic heterocycles. The zero-order chi connectivity index (χ0) is 12.3. The Hall–Kier alpha value is -2.23. The van der Waals surface area contributed by atoms with Crippen LogP contribution in [0.3, 0.4) is 0 Å². The van der Waals surface area contributed by atoms with Crippen molar-refractivity contribution in [3.63, 3.8) is 0 Å². The number of carbonyl (C=O) groups excluding carboxylic acids is 1. The van der Waals surface area contributed by atoms with Gasteiger partial charge in [-0.15, -0.1) is 0 Å². The van der Waals surface area contributed by atoms with Crippen LogP contribution in [0.4, 0.5) is 5.69 Å². The molecule has 1 N–H and O–H groups in total. The molecule has 4 heteroatoms. The van der Waals surface area contributed by atoms with Crippen molar-refractivity contribution < 1.29 is 14.3 Å². The van der Waals surface area contributed by atoms with Crippen molar-refractivity contribution in [2.24, 2.45) is 0 Å². The van der Waals surface area contributed by atoms with E-state index in [1.54, 1.807) is 49.7 Å². The molecular weight excluding hydrogens is 218 g/mol. The molecule has 0 unspecified atom stereocenters. The van der Waals surface area contributed by atoms with Crippen LogP contribution >= 0.6 is 0 Å². The Morgan fingerprint density at radius 3 is 2.59 bits per heavy atom. The molecule has 0 radical (unpaired) electrons. The Morgan fingerprint density at radius 1 is 1.29 bits per heavy atom. The van der Waals surface area contributed by atoms with Gasteiger partial charge >= 0.3 is 0 Å². The van der Waals surface area contributed by atoms with Gasteiger partial charge in [0.2, 0.25) is 5.91 Å². The number of benzene rings is 1. The van der Waals surface area contributed by atoms with Crippen LogP contribution in [0.15, 0.2) is 47.1 Å². The molecule has 2 rings (SSSR count). The van der Waals surface area contributed by atoms with E-state index in [9.17, 15) is 4.79 Å². The monoisotopic (exact) mass is 231 g/mol. The number of aromatic hydroxyl groups is 1. The van der Waals surface area contributed by atoms with E-state index in [0.717, 1.165) is 5.69 Å². The topological polar surface area (TPSA) is 53.7 Å². The number of phenolic OH excluding ortho intramolecular Hbond substituents is 1. The summed E-state index contributed by atoms with van der Waals surface area (Å²) in [7, 11) is 1.69. The summed E-state index contributed by atoms with van der Waals surface area (Å²) in [6.45, 7) is 0. The van der Waals surface area contributed by atoms with Crippen molar-refractivity contribution in [1.29, 1.82) is 0 Å². The van der Waals surface area contributed by atoms with Crippen LogP contribution in [0, 0.1) is 0 Å². The third-order valence-corrected chi connectivity index (χ3v) is 2.52. The Kier molecular flexibility index (Phi) is 3.14. The van der Waals surface area contributed by atoms with Gasteiger partial charge in [0.1, 0.15) is 11.5 Å². The van der Waals surface area contributed by atoms with Gasteiger partial charge in [0.15, 0.2) is 0 Å². The van der Waals surface area contributed by atoms with E-state index in [-0.39, 0.29) is 18.1 Å². The average molecular weight is 231 g/mol. The molecule has 0 saturated heterocycles. The van der Waals surface area contributed by atoms with Crippen LogP contribution in [0.5, 0.6) is 5.75 Å². The van der Waals surface area contributed by atoms with Gasteiger partial charge in [0.05, 0.1) is 12.7 Å². The van der Waals surface area contributed by atoms with E-state index >= 15 is 0 Å². The third-order valence-electron chi connectivity index (χ3n) is 2.52. The summed E-state index contributed by atoms with van der Waals surface area (Å²) in [6.07, 6.45) is 1.77. The van der Waals surface area contributed by atoms with Crippen LogP contribution in [0.1, 0.15) is 5.76 Å². The molecule has 0 aliphatic rings. The van der Waals surface area contributed by atoms with Gasteiger partial charge in [-0.05, 0) is 36.4 Å². The maximum atomic E-state index is 11.9. The van der Waals surface area contributed by atoms with E-state index in [1.165, 1.54) is 4.90 Å². The fraction of sp³-hybridized carbons (Fsp3) is 0.154. The number of hydrogen-bond acceptors (Lipinski definition) is 3. The van der Waals surface area contributed by atoms with E-state index < -0.39 is 0 Å². The van der Waals surface area contributed by atoms with Gasteiger partial charge < -0.3 is 14.4 Å². The lowest BCUT2D eigenvalue weighted by Gasteiger charge is -2.16. The molecule has 1 aromatic heterocycles. The van der Waals surface area contributed by atoms with Crippen LogP contribution in [0.25, 0.3) is 0 Å². The highest BCUT2D eigenvalue weighted by molar-refractivity contribution is 5.93. The minimum atomic E-state index is -0.0642. The van der Waals surface area contributed by atoms with Gasteiger partial charge in [-0.2, -0.15) is 0 Å². The van der Waals surface area contributed by atoms with Crippen molar-refractivity contribution in [3.8, 4) is 5.75 Å². The molecule has 0 fully saturated rings. The number of nitrogens with zero attached hydrogens (tertiary/aromatic N) is 1. The maximum Gasteiger partial charge on any atom is 0.234 e. The summed E-state index contributed by atoms with van der Waals surface area (Å²) < 4.78 is 5.12. The molecule has 88 valence electrons. The number of carbonyl (C=O) groups is 1. The van der Waals surface area contributed by atoms with Crippen molar-refractivity contribution >= 4 is 11.6 Å². The molecule has 0 bridgehead atoms. The molecule has 4 nitrogen and oxygen atoms in total. The Labute approximate surface area is 99.1 Å². The predicted octanol–water partition coefficient (Wildman–Crippen LogP) is 2.19. The van der Waals surface area contributed by atoms with Crippen LogP contribution in [0.2, 0.25) is 0 Å². The first-order chi connectivity index (χ1) is 8.16. The van der Waals surface area contributed by atoms with Gasteiger partial charge in [0, 0.05) is 12.7 Å². The lowest BCUT2D eigenvalue weighted by Crippen LogP contribution is -2.27. The zero-order valence-corrected chi connectivity index (χ0v) is 9.46. The van der Waals surface area contributed by atoms with E-state index in [2.05, 4.69) is 0 Å². The fourth-order valence-corrected chi connectivity index (χ4v) is 1.50. The second-order valence-corrected chi connectivity index (χ2v) is 3.73. The smallest absolute Gasteiger partial charge is 0.234 e. The number of likely N-dealkylation sites (N-methyl/N-ethyl adjacent to an activating group) is 1. The average Bonchev–Trinajstić information content (AvgIpc) is 2.82. The Balaban J connectivity index is 2.07. The Bertz CT molecular complexity index is 488. The standard InChI is InChI=1S/C13H13NO3/c1-14(10-4-6-11(15)7-5-10)13(16)9-12-3-2-8-17-12/h2-8,15H,9H2,1H3. The molecule has 0 spiro atoms. The van der Waals surface area contributed by atoms with E-state index in [1.807, 2.05) is 0 Å². The number of amides is 1. The molecule has 0 atom stereocenters. The summed E-state index contributed by atoms with van der Waals surface area (Å²) >= 11 is 0. The lowest BCUT2D eigenvalue weighted by molar-refractivity contribution is -0.117. The van der Waals surface area contributed by atoms with Crippen molar-refractivity contribution in [3.05, 3.63) is 48.4 Å². The molecule has 0 aliphatic carbocycles. The highest BCUT2D eigenvalue weighted by atomic mass is 16.3. The van der Waals surface area contributed by atoms with Gasteiger partial charge in [-0.1, -0.05) is 0 Å². The summed E-state index contributed by atoms with van der Waals surface area (Å²) in [5.74, 6) is 0.756. The number of anilines is 1. The van der Waals surface area contributed by atoms with E-state index in [4.69, 9.17) is 9.52 Å². The summed E-state index contributed by atoms with van der Waals surface area (Å²) in [5.41, 5.74) is 0.736. The quantitative estimate of drug-likeness (QED) is 0.880. The number of hydrogen-bond donors (Lipinski definition) is 1. The van der Waals surface area contributed by atoms with Crippen LogP contribution in [-0.2, 0) is 11.2 Å². The number of furan rings is 1. The SMILES string of the molecule is CN(C(=O)Cc1ccco1)c1ccc(O)cc1. The largest absolute Gasteiger partial charge is 0.508 e. The maximum absolute atomic E-state index is 11.9.